The zero-order valence-corrected chi connectivity index (χ0v) is 18.2. The molecule has 1 aromatic carbocycles. The number of carboxylic acid groups (broad SMARTS) is 1. The summed E-state index contributed by atoms with van der Waals surface area (Å²) >= 11 is 0. The highest BCUT2D eigenvalue weighted by Crippen LogP contribution is 2.26. The zero-order chi connectivity index (χ0) is 24.1. The third-order valence-electron chi connectivity index (χ3n) is 6.17. The Kier molecular flexibility index (Phi) is 7.88. The van der Waals surface area contributed by atoms with Gasteiger partial charge < -0.3 is 36.2 Å². The van der Waals surface area contributed by atoms with Crippen LogP contribution in [0.3, 0.4) is 0 Å². The molecule has 4 atom stereocenters. The van der Waals surface area contributed by atoms with Gasteiger partial charge in [-0.05, 0) is 43.4 Å². The minimum atomic E-state index is -1.21. The van der Waals surface area contributed by atoms with Crippen molar-refractivity contribution >= 4 is 23.7 Å². The van der Waals surface area contributed by atoms with Crippen LogP contribution in [0.1, 0.15) is 31.2 Å². The van der Waals surface area contributed by atoms with Crippen molar-refractivity contribution in [1.29, 1.82) is 0 Å². The number of nitrogens with zero attached hydrogens (tertiary/aromatic N) is 2. The first-order chi connectivity index (χ1) is 15.7. The van der Waals surface area contributed by atoms with E-state index in [4.69, 9.17) is 5.73 Å². The Hall–Kier alpha value is -3.18. The molecule has 0 spiro atoms. The molecule has 2 aliphatic heterocycles. The van der Waals surface area contributed by atoms with Gasteiger partial charge in [0.2, 0.25) is 17.7 Å². The molecular formula is C22H30N4O7. The lowest BCUT2D eigenvalue weighted by Crippen LogP contribution is -2.57. The summed E-state index contributed by atoms with van der Waals surface area (Å²) in [5, 5.41) is 30.7. The summed E-state index contributed by atoms with van der Waals surface area (Å²) in [7, 11) is 0. The molecule has 6 N–H and O–H groups in total. The van der Waals surface area contributed by atoms with E-state index in [0.717, 1.165) is 0 Å². The van der Waals surface area contributed by atoms with Gasteiger partial charge in [-0.1, -0.05) is 12.1 Å². The lowest BCUT2D eigenvalue weighted by atomic mass is 10.0. The van der Waals surface area contributed by atoms with E-state index >= 15 is 0 Å². The molecule has 2 fully saturated rings. The largest absolute Gasteiger partial charge is 0.508 e. The van der Waals surface area contributed by atoms with Crippen molar-refractivity contribution in [3.63, 3.8) is 0 Å². The number of aliphatic hydroxyl groups excluding tert-OH is 1. The first-order valence-corrected chi connectivity index (χ1v) is 11.0. The average Bonchev–Trinajstić information content (AvgIpc) is 3.48. The number of nitrogens with two attached hydrogens (primary N) is 1. The molecule has 2 saturated heterocycles. The number of aromatic hydroxyl groups is 1. The second-order valence-corrected chi connectivity index (χ2v) is 8.44. The lowest BCUT2D eigenvalue weighted by molar-refractivity contribution is -0.152. The van der Waals surface area contributed by atoms with Crippen LogP contribution < -0.4 is 11.1 Å². The summed E-state index contributed by atoms with van der Waals surface area (Å²) in [4.78, 5) is 53.2. The molecule has 180 valence electrons. The van der Waals surface area contributed by atoms with Crippen LogP contribution in [0.5, 0.6) is 5.75 Å². The van der Waals surface area contributed by atoms with Crippen molar-refractivity contribution < 1.29 is 34.5 Å². The number of nitrogens with one attached hydrogen (secondary N) is 1. The number of amides is 3. The van der Waals surface area contributed by atoms with Gasteiger partial charge in [0.25, 0.3) is 0 Å². The van der Waals surface area contributed by atoms with Crippen LogP contribution in [-0.2, 0) is 25.6 Å². The maximum atomic E-state index is 13.5. The molecule has 11 nitrogen and oxygen atoms in total. The van der Waals surface area contributed by atoms with E-state index < -0.39 is 54.5 Å². The van der Waals surface area contributed by atoms with Crippen LogP contribution in [0.25, 0.3) is 0 Å². The van der Waals surface area contributed by atoms with Gasteiger partial charge >= 0.3 is 5.97 Å². The monoisotopic (exact) mass is 462 g/mol. The third kappa shape index (κ3) is 5.60. The van der Waals surface area contributed by atoms with Crippen molar-refractivity contribution in [2.24, 2.45) is 5.73 Å². The summed E-state index contributed by atoms with van der Waals surface area (Å²) in [6.45, 7) is 0.0322. The molecule has 0 bridgehead atoms. The molecule has 0 aromatic heterocycles. The van der Waals surface area contributed by atoms with Gasteiger partial charge in [-0.2, -0.15) is 0 Å². The van der Waals surface area contributed by atoms with Gasteiger partial charge in [0.1, 0.15) is 29.9 Å². The predicted octanol–water partition coefficient (Wildman–Crippen LogP) is -1.19. The summed E-state index contributed by atoms with van der Waals surface area (Å²) < 4.78 is 0. The number of aliphatic hydroxyl groups is 1. The number of carbonyl (C=O) groups excluding carboxylic acids is 3. The van der Waals surface area contributed by atoms with Crippen molar-refractivity contribution in [2.75, 3.05) is 19.7 Å². The summed E-state index contributed by atoms with van der Waals surface area (Å²) in [6.07, 6.45) is 2.03. The maximum Gasteiger partial charge on any atom is 0.326 e. The minimum Gasteiger partial charge on any atom is -0.508 e. The van der Waals surface area contributed by atoms with Crippen molar-refractivity contribution in [3.05, 3.63) is 29.8 Å². The highest BCUT2D eigenvalue weighted by atomic mass is 16.4. The Labute approximate surface area is 191 Å². The van der Waals surface area contributed by atoms with Gasteiger partial charge in [-0.3, -0.25) is 14.4 Å². The molecule has 2 aliphatic rings. The molecule has 4 unspecified atom stereocenters. The Bertz CT molecular complexity index is 891. The molecular weight excluding hydrogens is 432 g/mol. The number of phenols is 1. The van der Waals surface area contributed by atoms with Gasteiger partial charge in [-0.15, -0.1) is 0 Å². The van der Waals surface area contributed by atoms with E-state index in [2.05, 4.69) is 5.32 Å². The number of rotatable bonds is 8. The molecule has 0 radical (unpaired) electrons. The topological polar surface area (TPSA) is 174 Å². The van der Waals surface area contributed by atoms with Gasteiger partial charge in [-0.25, -0.2) is 4.79 Å². The molecule has 33 heavy (non-hydrogen) atoms. The number of aliphatic carboxylic acids is 1. The molecule has 0 saturated carbocycles. The third-order valence-corrected chi connectivity index (χ3v) is 6.17. The fourth-order valence-electron chi connectivity index (χ4n) is 4.40. The second kappa shape index (κ2) is 10.6. The van der Waals surface area contributed by atoms with E-state index in [1.54, 1.807) is 12.1 Å². The van der Waals surface area contributed by atoms with Gasteiger partial charge in [0, 0.05) is 19.5 Å². The smallest absolute Gasteiger partial charge is 0.326 e. The van der Waals surface area contributed by atoms with E-state index in [1.165, 1.54) is 21.9 Å². The van der Waals surface area contributed by atoms with Crippen LogP contribution >= 0.6 is 0 Å². The number of hydrogen-bond acceptors (Lipinski definition) is 7. The van der Waals surface area contributed by atoms with Crippen molar-refractivity contribution in [3.8, 4) is 5.75 Å². The first kappa shape index (κ1) is 24.5. The lowest BCUT2D eigenvalue weighted by Gasteiger charge is -2.32. The molecule has 0 aliphatic carbocycles. The van der Waals surface area contributed by atoms with E-state index in [9.17, 15) is 34.5 Å². The summed E-state index contributed by atoms with van der Waals surface area (Å²) in [5.41, 5.74) is 6.26. The normalized spacial score (nSPS) is 22.1. The van der Waals surface area contributed by atoms with Crippen LogP contribution in [0, 0.1) is 0 Å². The van der Waals surface area contributed by atoms with E-state index in [-0.39, 0.29) is 12.2 Å². The standard InChI is InChI=1S/C22H30N4O7/c23-15(12-27)19(29)24-16(11-13-5-7-14(28)8-6-13)20(30)25-9-1-3-17(25)21(31)26-10-2-4-18(26)22(32)33/h5-8,15-18,27-28H,1-4,9-12,23H2,(H,24,29)(H,32,33). The van der Waals surface area contributed by atoms with Crippen molar-refractivity contribution in [1.82, 2.24) is 15.1 Å². The number of carbonyl (C=O) groups is 4. The maximum absolute atomic E-state index is 13.5. The quantitative estimate of drug-likeness (QED) is 0.320. The first-order valence-electron chi connectivity index (χ1n) is 11.0. The number of benzene rings is 1. The van der Waals surface area contributed by atoms with Crippen molar-refractivity contribution in [2.45, 2.75) is 56.3 Å². The average molecular weight is 463 g/mol. The number of hydrogen-bond donors (Lipinski definition) is 5. The number of likely N-dealkylation sites (tertiary alicyclic amines) is 2. The van der Waals surface area contributed by atoms with Gasteiger partial charge in [0.15, 0.2) is 0 Å². The van der Waals surface area contributed by atoms with Crippen LogP contribution in [-0.4, -0.2) is 92.7 Å². The highest BCUT2D eigenvalue weighted by molar-refractivity contribution is 5.94. The highest BCUT2D eigenvalue weighted by Gasteiger charge is 2.43. The SMILES string of the molecule is NC(CO)C(=O)NC(Cc1ccc(O)cc1)C(=O)N1CCCC1C(=O)N1CCCC1C(=O)O. The fourth-order valence-corrected chi connectivity index (χ4v) is 4.40. The Morgan fingerprint density at radius 3 is 2.24 bits per heavy atom. The summed E-state index contributed by atoms with van der Waals surface area (Å²) in [5.74, 6) is -2.60. The second-order valence-electron chi connectivity index (χ2n) is 8.44. The van der Waals surface area contributed by atoms with Crippen LogP contribution in [0.15, 0.2) is 24.3 Å². The molecule has 3 rings (SSSR count). The molecule has 1 aromatic rings. The Morgan fingerprint density at radius 1 is 1.03 bits per heavy atom. The fraction of sp³-hybridized carbons (Fsp3) is 0.545. The zero-order valence-electron chi connectivity index (χ0n) is 18.2. The Morgan fingerprint density at radius 2 is 1.64 bits per heavy atom. The molecule has 11 heteroatoms. The summed E-state index contributed by atoms with van der Waals surface area (Å²) in [6, 6.07) is 2.18. The molecule has 3 amide bonds. The number of phenolic OH excluding ortho intramolecular Hbond substituents is 1. The number of carboxylic acids is 1. The van der Waals surface area contributed by atoms with E-state index in [0.29, 0.717) is 44.3 Å². The van der Waals surface area contributed by atoms with Crippen LogP contribution in [0.2, 0.25) is 0 Å². The van der Waals surface area contributed by atoms with Gasteiger partial charge in [0.05, 0.1) is 6.61 Å². The van der Waals surface area contributed by atoms with E-state index in [1.807, 2.05) is 0 Å². The predicted molar refractivity (Wildman–Crippen MR) is 116 cm³/mol. The molecule has 2 heterocycles. The van der Waals surface area contributed by atoms with Crippen LogP contribution in [0.4, 0.5) is 0 Å². The Balaban J connectivity index is 1.80. The minimum absolute atomic E-state index is 0.0526.